The van der Waals surface area contributed by atoms with Crippen LogP contribution in [0, 0.1) is 6.92 Å². The molecule has 1 aromatic heterocycles. The first-order chi connectivity index (χ1) is 7.59. The average molecular weight is 306 g/mol. The molecule has 0 aliphatic carbocycles. The van der Waals surface area contributed by atoms with Gasteiger partial charge in [0.15, 0.2) is 0 Å². The van der Waals surface area contributed by atoms with Gasteiger partial charge in [0.05, 0.1) is 10.4 Å². The molecule has 2 N–H and O–H groups in total. The molecule has 2 rings (SSSR count). The first kappa shape index (κ1) is 12.5. The van der Waals surface area contributed by atoms with Gasteiger partial charge in [-0.05, 0) is 34.5 Å². The zero-order valence-electron chi connectivity index (χ0n) is 9.25. The summed E-state index contributed by atoms with van der Waals surface area (Å²) in [4.78, 5) is 1.28. The number of hydrogen-bond acceptors (Lipinski definition) is 4. The van der Waals surface area contributed by atoms with Gasteiger partial charge in [0.1, 0.15) is 5.60 Å². The number of thiophene rings is 1. The monoisotopic (exact) mass is 305 g/mol. The van der Waals surface area contributed by atoms with Crippen molar-refractivity contribution >= 4 is 27.3 Å². The molecule has 3 nitrogen and oxygen atoms in total. The van der Waals surface area contributed by atoms with Crippen LogP contribution in [0.1, 0.15) is 16.9 Å². The number of aliphatic hydroxyl groups is 1. The molecule has 0 spiro atoms. The molecule has 90 valence electrons. The maximum Gasteiger partial charge on any atom is 0.103 e. The fourth-order valence-electron chi connectivity index (χ4n) is 1.76. The number of rotatable bonds is 4. The van der Waals surface area contributed by atoms with E-state index in [0.717, 1.165) is 13.0 Å². The minimum Gasteiger partial charge on any atom is -0.386 e. The highest BCUT2D eigenvalue weighted by Gasteiger charge is 2.31. The van der Waals surface area contributed by atoms with Crippen molar-refractivity contribution in [3.05, 3.63) is 20.3 Å². The van der Waals surface area contributed by atoms with Crippen LogP contribution in [0.2, 0.25) is 0 Å². The Balaban J connectivity index is 1.79. The summed E-state index contributed by atoms with van der Waals surface area (Å²) < 4.78 is 6.38. The van der Waals surface area contributed by atoms with E-state index in [4.69, 9.17) is 4.74 Å². The number of hydrogen-bond donors (Lipinski definition) is 2. The Labute approximate surface area is 108 Å². The quantitative estimate of drug-likeness (QED) is 0.895. The number of halogens is 1. The fraction of sp³-hybridized carbons (Fsp3) is 0.636. The maximum atomic E-state index is 10.0. The Morgan fingerprint density at radius 1 is 1.69 bits per heavy atom. The highest BCUT2D eigenvalue weighted by molar-refractivity contribution is 9.11. The zero-order chi connectivity index (χ0) is 11.6. The molecule has 0 amide bonds. The predicted molar refractivity (Wildman–Crippen MR) is 68.8 cm³/mol. The predicted octanol–water partition coefficient (Wildman–Crippen LogP) is 2.06. The molecule has 0 bridgehead atoms. The van der Waals surface area contributed by atoms with Gasteiger partial charge < -0.3 is 15.2 Å². The molecule has 1 atom stereocenters. The smallest absolute Gasteiger partial charge is 0.103 e. The van der Waals surface area contributed by atoms with Crippen molar-refractivity contribution in [2.24, 2.45) is 0 Å². The second kappa shape index (κ2) is 5.14. The molecular formula is C11H16BrNO2S. The standard InChI is InChI=1S/C11H16BrNO2S/c1-8-4-9(16-10(8)12)5-13-6-11(14)2-3-15-7-11/h4,13-14H,2-3,5-7H2,1H3. The van der Waals surface area contributed by atoms with Crippen molar-refractivity contribution in [1.82, 2.24) is 5.32 Å². The molecule has 1 aromatic rings. The van der Waals surface area contributed by atoms with Gasteiger partial charge >= 0.3 is 0 Å². The first-order valence-corrected chi connectivity index (χ1v) is 6.96. The molecule has 1 aliphatic rings. The van der Waals surface area contributed by atoms with Crippen LogP contribution in [0.4, 0.5) is 0 Å². The third-order valence-corrected chi connectivity index (χ3v) is 4.88. The van der Waals surface area contributed by atoms with Crippen LogP contribution in [0.25, 0.3) is 0 Å². The van der Waals surface area contributed by atoms with Crippen molar-refractivity contribution < 1.29 is 9.84 Å². The summed E-state index contributed by atoms with van der Waals surface area (Å²) in [6, 6.07) is 2.16. The molecule has 1 aliphatic heterocycles. The van der Waals surface area contributed by atoms with E-state index in [0.29, 0.717) is 19.8 Å². The second-order valence-electron chi connectivity index (χ2n) is 4.30. The van der Waals surface area contributed by atoms with Crippen LogP contribution in [0.3, 0.4) is 0 Å². The third kappa shape index (κ3) is 3.05. The molecule has 0 saturated carbocycles. The van der Waals surface area contributed by atoms with E-state index >= 15 is 0 Å². The van der Waals surface area contributed by atoms with Crippen LogP contribution in [0.15, 0.2) is 9.85 Å². The van der Waals surface area contributed by atoms with Crippen LogP contribution < -0.4 is 5.32 Å². The van der Waals surface area contributed by atoms with E-state index in [9.17, 15) is 5.11 Å². The van der Waals surface area contributed by atoms with Crippen molar-refractivity contribution in [3.63, 3.8) is 0 Å². The lowest BCUT2D eigenvalue weighted by atomic mass is 10.0. The van der Waals surface area contributed by atoms with Gasteiger partial charge in [-0.25, -0.2) is 0 Å². The lowest BCUT2D eigenvalue weighted by Gasteiger charge is -2.20. The third-order valence-electron chi connectivity index (χ3n) is 2.74. The van der Waals surface area contributed by atoms with E-state index < -0.39 is 5.60 Å². The van der Waals surface area contributed by atoms with E-state index in [1.165, 1.54) is 14.2 Å². The number of nitrogens with one attached hydrogen (secondary N) is 1. The first-order valence-electron chi connectivity index (χ1n) is 5.35. The Bertz CT molecular complexity index is 341. The molecule has 1 unspecified atom stereocenters. The topological polar surface area (TPSA) is 41.5 Å². The van der Waals surface area contributed by atoms with Crippen molar-refractivity contribution in [3.8, 4) is 0 Å². The molecule has 1 saturated heterocycles. The molecule has 16 heavy (non-hydrogen) atoms. The SMILES string of the molecule is Cc1cc(CNCC2(O)CCOC2)sc1Br. The molecule has 0 aromatic carbocycles. The van der Waals surface area contributed by atoms with E-state index in [-0.39, 0.29) is 0 Å². The summed E-state index contributed by atoms with van der Waals surface area (Å²) in [5, 5.41) is 13.3. The molecule has 1 fully saturated rings. The fourth-order valence-corrected chi connectivity index (χ4v) is 3.36. The highest BCUT2D eigenvalue weighted by Crippen LogP contribution is 2.27. The Morgan fingerprint density at radius 2 is 2.50 bits per heavy atom. The van der Waals surface area contributed by atoms with E-state index in [1.807, 2.05) is 0 Å². The van der Waals surface area contributed by atoms with Crippen LogP contribution in [0.5, 0.6) is 0 Å². The zero-order valence-corrected chi connectivity index (χ0v) is 11.7. The van der Waals surface area contributed by atoms with Gasteiger partial charge in [-0.15, -0.1) is 11.3 Å². The lowest BCUT2D eigenvalue weighted by Crippen LogP contribution is -2.40. The van der Waals surface area contributed by atoms with Crippen LogP contribution in [-0.2, 0) is 11.3 Å². The second-order valence-corrected chi connectivity index (χ2v) is 6.75. The normalized spacial score (nSPS) is 25.2. The van der Waals surface area contributed by atoms with Gasteiger partial charge in [0.25, 0.3) is 0 Å². The van der Waals surface area contributed by atoms with Gasteiger partial charge in [-0.3, -0.25) is 0 Å². The Morgan fingerprint density at radius 3 is 3.06 bits per heavy atom. The Hall–Kier alpha value is 0.0600. The molecule has 5 heteroatoms. The summed E-state index contributed by atoms with van der Waals surface area (Å²) >= 11 is 5.24. The van der Waals surface area contributed by atoms with E-state index in [1.54, 1.807) is 11.3 Å². The summed E-state index contributed by atoms with van der Waals surface area (Å²) in [5.74, 6) is 0. The average Bonchev–Trinajstić information content (AvgIpc) is 2.76. The minimum atomic E-state index is -0.663. The minimum absolute atomic E-state index is 0.452. The van der Waals surface area contributed by atoms with E-state index in [2.05, 4.69) is 34.2 Å². The van der Waals surface area contributed by atoms with Gasteiger partial charge in [0, 0.05) is 31.0 Å². The largest absolute Gasteiger partial charge is 0.386 e. The summed E-state index contributed by atoms with van der Waals surface area (Å²) in [5.41, 5.74) is 0.605. The Kier molecular flexibility index (Phi) is 4.02. The highest BCUT2D eigenvalue weighted by atomic mass is 79.9. The van der Waals surface area contributed by atoms with Gasteiger partial charge in [-0.2, -0.15) is 0 Å². The molecule has 0 radical (unpaired) electrons. The molecular weight excluding hydrogens is 290 g/mol. The number of aryl methyl sites for hydroxylation is 1. The summed E-state index contributed by atoms with van der Waals surface area (Å²) in [6.45, 7) is 4.61. The summed E-state index contributed by atoms with van der Waals surface area (Å²) in [6.07, 6.45) is 0.729. The van der Waals surface area contributed by atoms with Crippen LogP contribution in [-0.4, -0.2) is 30.5 Å². The molecule has 2 heterocycles. The van der Waals surface area contributed by atoms with Crippen molar-refractivity contribution in [1.29, 1.82) is 0 Å². The van der Waals surface area contributed by atoms with Gasteiger partial charge in [-0.1, -0.05) is 0 Å². The van der Waals surface area contributed by atoms with Crippen molar-refractivity contribution in [2.45, 2.75) is 25.5 Å². The lowest BCUT2D eigenvalue weighted by molar-refractivity contribution is 0.0269. The van der Waals surface area contributed by atoms with Crippen LogP contribution >= 0.6 is 27.3 Å². The maximum absolute atomic E-state index is 10.0. The summed E-state index contributed by atoms with van der Waals surface area (Å²) in [7, 11) is 0. The number of ether oxygens (including phenoxy) is 1. The van der Waals surface area contributed by atoms with Gasteiger partial charge in [0.2, 0.25) is 0 Å². The van der Waals surface area contributed by atoms with Crippen molar-refractivity contribution in [2.75, 3.05) is 19.8 Å².